The lowest BCUT2D eigenvalue weighted by molar-refractivity contribution is -0.386. The number of nitro benzene ring substituents is 1. The van der Waals surface area contributed by atoms with E-state index in [2.05, 4.69) is 5.32 Å². The number of nitrogens with zero attached hydrogens (tertiary/aromatic N) is 1. The van der Waals surface area contributed by atoms with Crippen LogP contribution in [0.15, 0.2) is 18.2 Å². The third kappa shape index (κ3) is 2.22. The van der Waals surface area contributed by atoms with Crippen molar-refractivity contribution in [2.75, 3.05) is 6.54 Å². The summed E-state index contributed by atoms with van der Waals surface area (Å²) in [4.78, 5) is 10.7. The molecule has 1 aliphatic heterocycles. The van der Waals surface area contributed by atoms with Gasteiger partial charge in [0.1, 0.15) is 0 Å². The van der Waals surface area contributed by atoms with Gasteiger partial charge in [-0.1, -0.05) is 18.2 Å². The summed E-state index contributed by atoms with van der Waals surface area (Å²) in [5.41, 5.74) is 1.89. The third-order valence-electron chi connectivity index (χ3n) is 3.13. The molecule has 0 spiro atoms. The molecule has 4 heteroatoms. The number of hydrogen-bond acceptors (Lipinski definition) is 3. The first-order valence-corrected chi connectivity index (χ1v) is 5.65. The molecule has 4 nitrogen and oxygen atoms in total. The molecule has 0 radical (unpaired) electrons. The Hall–Kier alpha value is -1.42. The Balaban J connectivity index is 2.25. The summed E-state index contributed by atoms with van der Waals surface area (Å²) in [7, 11) is 0. The van der Waals surface area contributed by atoms with Crippen LogP contribution in [0.3, 0.4) is 0 Å². The molecule has 1 aromatic rings. The summed E-state index contributed by atoms with van der Waals surface area (Å²) in [5, 5.41) is 14.4. The molecule has 1 saturated heterocycles. The quantitative estimate of drug-likeness (QED) is 0.627. The SMILES string of the molecule is Cc1cccc(CC2CCCN2)c1[N+](=O)[O-]. The fraction of sp³-hybridized carbons (Fsp3) is 0.500. The minimum absolute atomic E-state index is 0.264. The van der Waals surface area contributed by atoms with Gasteiger partial charge in [-0.15, -0.1) is 0 Å². The number of aryl methyl sites for hydroxylation is 1. The monoisotopic (exact) mass is 220 g/mol. The standard InChI is InChI=1S/C12H16N2O2/c1-9-4-2-5-10(12(9)14(15)16)8-11-6-3-7-13-11/h2,4-5,11,13H,3,6-8H2,1H3. The third-order valence-corrected chi connectivity index (χ3v) is 3.13. The lowest BCUT2D eigenvalue weighted by Crippen LogP contribution is -2.24. The molecule has 1 fully saturated rings. The molecule has 0 amide bonds. The molecule has 1 atom stereocenters. The number of benzene rings is 1. The first-order chi connectivity index (χ1) is 7.68. The normalized spacial score (nSPS) is 19.9. The molecular formula is C12H16N2O2. The number of nitro groups is 1. The summed E-state index contributed by atoms with van der Waals surface area (Å²) < 4.78 is 0. The highest BCUT2D eigenvalue weighted by Crippen LogP contribution is 2.25. The summed E-state index contributed by atoms with van der Waals surface area (Å²) in [6.07, 6.45) is 3.05. The van der Waals surface area contributed by atoms with Gasteiger partial charge in [-0.3, -0.25) is 10.1 Å². The molecule has 1 N–H and O–H groups in total. The Labute approximate surface area is 94.8 Å². The van der Waals surface area contributed by atoms with E-state index in [0.717, 1.165) is 30.5 Å². The zero-order chi connectivity index (χ0) is 11.5. The molecule has 86 valence electrons. The average molecular weight is 220 g/mol. The van der Waals surface area contributed by atoms with E-state index in [0.29, 0.717) is 6.04 Å². The van der Waals surface area contributed by atoms with Crippen LogP contribution in [0.25, 0.3) is 0 Å². The highest BCUT2D eigenvalue weighted by molar-refractivity contribution is 5.47. The smallest absolute Gasteiger partial charge is 0.275 e. The Bertz CT molecular complexity index is 398. The Morgan fingerprint density at radius 1 is 1.56 bits per heavy atom. The molecule has 1 aliphatic rings. The van der Waals surface area contributed by atoms with Crippen molar-refractivity contribution >= 4 is 5.69 Å². The predicted octanol–water partition coefficient (Wildman–Crippen LogP) is 2.20. The maximum absolute atomic E-state index is 11.0. The fourth-order valence-electron chi connectivity index (χ4n) is 2.34. The Morgan fingerprint density at radius 3 is 3.00 bits per heavy atom. The van der Waals surface area contributed by atoms with Gasteiger partial charge in [-0.25, -0.2) is 0 Å². The van der Waals surface area contributed by atoms with E-state index in [1.54, 1.807) is 13.0 Å². The number of rotatable bonds is 3. The zero-order valence-electron chi connectivity index (χ0n) is 9.40. The van der Waals surface area contributed by atoms with E-state index >= 15 is 0 Å². The second-order valence-electron chi connectivity index (χ2n) is 4.34. The zero-order valence-corrected chi connectivity index (χ0v) is 9.40. The van der Waals surface area contributed by atoms with E-state index in [9.17, 15) is 10.1 Å². The number of nitrogens with one attached hydrogen (secondary N) is 1. The van der Waals surface area contributed by atoms with Crippen LogP contribution >= 0.6 is 0 Å². The van der Waals surface area contributed by atoms with Gasteiger partial charge in [0.25, 0.3) is 5.69 Å². The van der Waals surface area contributed by atoms with Crippen molar-refractivity contribution in [1.82, 2.24) is 5.32 Å². The molecule has 0 saturated carbocycles. The van der Waals surface area contributed by atoms with Gasteiger partial charge in [-0.2, -0.15) is 0 Å². The van der Waals surface area contributed by atoms with E-state index in [1.807, 2.05) is 12.1 Å². The average Bonchev–Trinajstić information content (AvgIpc) is 2.70. The van der Waals surface area contributed by atoms with Gasteiger partial charge in [0.05, 0.1) is 4.92 Å². The lowest BCUT2D eigenvalue weighted by atomic mass is 10.0. The summed E-state index contributed by atoms with van der Waals surface area (Å²) in [5.74, 6) is 0. The minimum Gasteiger partial charge on any atom is -0.314 e. The molecule has 2 rings (SSSR count). The second-order valence-corrected chi connectivity index (χ2v) is 4.34. The predicted molar refractivity (Wildman–Crippen MR) is 62.6 cm³/mol. The second kappa shape index (κ2) is 4.61. The van der Waals surface area contributed by atoms with Crippen LogP contribution in [-0.4, -0.2) is 17.5 Å². The van der Waals surface area contributed by atoms with E-state index in [1.165, 1.54) is 6.42 Å². The molecule has 0 aromatic heterocycles. The molecule has 1 unspecified atom stereocenters. The maximum atomic E-state index is 11.0. The Kier molecular flexibility index (Phi) is 3.19. The van der Waals surface area contributed by atoms with E-state index in [4.69, 9.17) is 0 Å². The van der Waals surface area contributed by atoms with Crippen molar-refractivity contribution in [3.05, 3.63) is 39.4 Å². The highest BCUT2D eigenvalue weighted by Gasteiger charge is 2.21. The summed E-state index contributed by atoms with van der Waals surface area (Å²) in [6.45, 7) is 2.83. The molecule has 0 bridgehead atoms. The van der Waals surface area contributed by atoms with Gasteiger partial charge in [-0.05, 0) is 32.7 Å². The molecule has 16 heavy (non-hydrogen) atoms. The van der Waals surface area contributed by atoms with Crippen molar-refractivity contribution in [1.29, 1.82) is 0 Å². The van der Waals surface area contributed by atoms with Crippen LogP contribution in [0.5, 0.6) is 0 Å². The van der Waals surface area contributed by atoms with Crippen LogP contribution in [0, 0.1) is 17.0 Å². The number of hydrogen-bond donors (Lipinski definition) is 1. The van der Waals surface area contributed by atoms with Crippen LogP contribution < -0.4 is 5.32 Å². The maximum Gasteiger partial charge on any atom is 0.275 e. The minimum atomic E-state index is -0.264. The largest absolute Gasteiger partial charge is 0.314 e. The molecule has 1 aromatic carbocycles. The van der Waals surface area contributed by atoms with Crippen molar-refractivity contribution in [2.24, 2.45) is 0 Å². The lowest BCUT2D eigenvalue weighted by Gasteiger charge is -2.11. The van der Waals surface area contributed by atoms with Gasteiger partial charge in [0.15, 0.2) is 0 Å². The van der Waals surface area contributed by atoms with Gasteiger partial charge >= 0.3 is 0 Å². The first-order valence-electron chi connectivity index (χ1n) is 5.65. The van der Waals surface area contributed by atoms with Gasteiger partial charge in [0.2, 0.25) is 0 Å². The van der Waals surface area contributed by atoms with Crippen LogP contribution in [-0.2, 0) is 6.42 Å². The van der Waals surface area contributed by atoms with Crippen LogP contribution in [0.1, 0.15) is 24.0 Å². The van der Waals surface area contributed by atoms with Crippen LogP contribution in [0.2, 0.25) is 0 Å². The van der Waals surface area contributed by atoms with Crippen LogP contribution in [0.4, 0.5) is 5.69 Å². The molecule has 1 heterocycles. The summed E-state index contributed by atoms with van der Waals surface area (Å²) >= 11 is 0. The number of para-hydroxylation sites is 1. The van der Waals surface area contributed by atoms with E-state index < -0.39 is 0 Å². The van der Waals surface area contributed by atoms with Gasteiger partial charge in [0, 0.05) is 17.2 Å². The van der Waals surface area contributed by atoms with Gasteiger partial charge < -0.3 is 5.32 Å². The van der Waals surface area contributed by atoms with Crippen molar-refractivity contribution in [2.45, 2.75) is 32.2 Å². The first kappa shape index (κ1) is 11.1. The Morgan fingerprint density at radius 2 is 2.38 bits per heavy atom. The highest BCUT2D eigenvalue weighted by atomic mass is 16.6. The van der Waals surface area contributed by atoms with Crippen molar-refractivity contribution in [3.63, 3.8) is 0 Å². The molecule has 0 aliphatic carbocycles. The van der Waals surface area contributed by atoms with E-state index in [-0.39, 0.29) is 10.6 Å². The van der Waals surface area contributed by atoms with Crippen molar-refractivity contribution < 1.29 is 4.92 Å². The van der Waals surface area contributed by atoms with Crippen molar-refractivity contribution in [3.8, 4) is 0 Å². The topological polar surface area (TPSA) is 55.2 Å². The molecular weight excluding hydrogens is 204 g/mol. The fourth-order valence-corrected chi connectivity index (χ4v) is 2.34. The summed E-state index contributed by atoms with van der Waals surface area (Å²) in [6, 6.07) is 5.96.